The van der Waals surface area contributed by atoms with E-state index in [1.54, 1.807) is 20.8 Å². The molecule has 0 aliphatic rings. The van der Waals surface area contributed by atoms with Gasteiger partial charge in [-0.3, -0.25) is 4.79 Å². The molecule has 0 bridgehead atoms. The Morgan fingerprint density at radius 2 is 1.68 bits per heavy atom. The van der Waals surface area contributed by atoms with Crippen LogP contribution in [0.25, 0.3) is 0 Å². The Morgan fingerprint density at radius 1 is 1.21 bits per heavy atom. The van der Waals surface area contributed by atoms with Crippen molar-refractivity contribution < 1.29 is 14.3 Å². The molecule has 1 amide bonds. The van der Waals surface area contributed by atoms with Crippen molar-refractivity contribution in [3.8, 4) is 0 Å². The molecule has 6 heteroatoms. The lowest BCUT2D eigenvalue weighted by atomic mass is 10.2. The lowest BCUT2D eigenvalue weighted by Crippen LogP contribution is -2.44. The van der Waals surface area contributed by atoms with Crippen LogP contribution < -0.4 is 5.73 Å². The summed E-state index contributed by atoms with van der Waals surface area (Å²) in [6, 6.07) is -0.692. The minimum atomic E-state index is -0.692. The summed E-state index contributed by atoms with van der Waals surface area (Å²) in [4.78, 5) is 23.4. The van der Waals surface area contributed by atoms with Gasteiger partial charge in [0.2, 0.25) is 0 Å². The van der Waals surface area contributed by atoms with Gasteiger partial charge in [-0.15, -0.1) is 0 Å². The molecule has 0 saturated carbocycles. The second-order valence-corrected chi connectivity index (χ2v) is 8.31. The van der Waals surface area contributed by atoms with Crippen molar-refractivity contribution in [3.63, 3.8) is 0 Å². The van der Waals surface area contributed by atoms with E-state index in [0.29, 0.717) is 0 Å². The molecule has 0 spiro atoms. The molecule has 0 aliphatic carbocycles. The summed E-state index contributed by atoms with van der Waals surface area (Å²) in [7, 11) is 0. The molecule has 0 unspecified atom stereocenters. The lowest BCUT2D eigenvalue weighted by molar-refractivity contribution is -0.118. The molecular weight excluding hydrogens is 264 g/mol. The van der Waals surface area contributed by atoms with Crippen molar-refractivity contribution in [1.29, 1.82) is 0 Å². The van der Waals surface area contributed by atoms with Crippen LogP contribution in [0.2, 0.25) is 0 Å². The average Bonchev–Trinajstić information content (AvgIpc) is 2.11. The van der Waals surface area contributed by atoms with E-state index in [2.05, 4.69) is 0 Å². The fraction of sp³-hybridized carbons (Fsp3) is 0.846. The molecule has 0 rings (SSSR count). The van der Waals surface area contributed by atoms with E-state index in [1.165, 1.54) is 23.2 Å². The Labute approximate surface area is 120 Å². The number of hydrogen-bond donors (Lipinski definition) is 1. The summed E-state index contributed by atoms with van der Waals surface area (Å²) in [5.74, 6) is -0.150. The Bertz CT molecular complexity index is 332. The third-order valence-electron chi connectivity index (χ3n) is 1.87. The van der Waals surface area contributed by atoms with Crippen molar-refractivity contribution in [1.82, 2.24) is 4.31 Å². The second-order valence-electron chi connectivity index (χ2n) is 6.46. The maximum absolute atomic E-state index is 12.1. The summed E-state index contributed by atoms with van der Waals surface area (Å²) in [6.07, 6.45) is -0.468. The summed E-state index contributed by atoms with van der Waals surface area (Å²) >= 11 is 1.32. The zero-order valence-corrected chi connectivity index (χ0v) is 13.8. The molecule has 1 atom stereocenters. The first-order chi connectivity index (χ1) is 8.32. The molecule has 5 nitrogen and oxygen atoms in total. The number of Topliss-reactive ketones (excluding diaryl/α,β-unsaturated/α-hetero) is 1. The number of ketones is 1. The van der Waals surface area contributed by atoms with E-state index < -0.39 is 17.7 Å². The zero-order valence-electron chi connectivity index (χ0n) is 12.9. The first-order valence-electron chi connectivity index (χ1n) is 6.27. The zero-order chi connectivity index (χ0) is 15.4. The van der Waals surface area contributed by atoms with E-state index in [1.807, 2.05) is 20.8 Å². The second kappa shape index (κ2) is 6.61. The highest BCUT2D eigenvalue weighted by Crippen LogP contribution is 2.29. The Kier molecular flexibility index (Phi) is 6.35. The van der Waals surface area contributed by atoms with Crippen LogP contribution in [0.15, 0.2) is 0 Å². The molecule has 0 heterocycles. The molecule has 19 heavy (non-hydrogen) atoms. The van der Waals surface area contributed by atoms with E-state index in [-0.39, 0.29) is 17.1 Å². The molecule has 112 valence electrons. The Morgan fingerprint density at radius 3 is 2.00 bits per heavy atom. The number of rotatable bonds is 4. The Balaban J connectivity index is 4.86. The van der Waals surface area contributed by atoms with Gasteiger partial charge >= 0.3 is 6.09 Å². The number of hydrogen-bond acceptors (Lipinski definition) is 5. The van der Waals surface area contributed by atoms with Crippen molar-refractivity contribution in [3.05, 3.63) is 0 Å². The predicted octanol–water partition coefficient (Wildman–Crippen LogP) is 2.59. The van der Waals surface area contributed by atoms with Gasteiger partial charge in [0.25, 0.3) is 0 Å². The first kappa shape index (κ1) is 18.2. The normalized spacial score (nSPS) is 13.9. The van der Waals surface area contributed by atoms with E-state index in [0.717, 1.165) is 0 Å². The molecule has 0 radical (unpaired) electrons. The number of carbonyl (C=O) groups excluding carboxylic acids is 2. The minimum absolute atomic E-state index is 0.145. The van der Waals surface area contributed by atoms with Gasteiger partial charge in [-0.25, -0.2) is 9.10 Å². The van der Waals surface area contributed by atoms with Crippen molar-refractivity contribution in [2.45, 2.75) is 64.9 Å². The number of ether oxygens (including phenoxy) is 1. The summed E-state index contributed by atoms with van der Waals surface area (Å²) in [5, 5.41) is 0. The molecule has 0 fully saturated rings. The van der Waals surface area contributed by atoms with Gasteiger partial charge in [0.05, 0.1) is 12.6 Å². The average molecular weight is 290 g/mol. The van der Waals surface area contributed by atoms with Gasteiger partial charge in [0.15, 0.2) is 0 Å². The number of nitrogens with zero attached hydrogens (tertiary/aromatic N) is 1. The third-order valence-corrected chi connectivity index (χ3v) is 2.93. The topological polar surface area (TPSA) is 72.6 Å². The van der Waals surface area contributed by atoms with Crippen LogP contribution >= 0.6 is 11.9 Å². The highest BCUT2D eigenvalue weighted by atomic mass is 32.2. The quantitative estimate of drug-likeness (QED) is 0.806. The summed E-state index contributed by atoms with van der Waals surface area (Å²) in [5.41, 5.74) is 5.15. The molecule has 2 N–H and O–H groups in total. The SMILES string of the molecule is CC(=O)[C@@H](N)CN(SC(C)(C)C)C(=O)OC(C)(C)C. The van der Waals surface area contributed by atoms with Crippen molar-refractivity contribution >= 4 is 23.8 Å². The van der Waals surface area contributed by atoms with Crippen LogP contribution in [-0.2, 0) is 9.53 Å². The maximum Gasteiger partial charge on any atom is 0.420 e. The summed E-state index contributed by atoms with van der Waals surface area (Å²) < 4.78 is 6.58. The molecule has 0 aliphatic heterocycles. The van der Waals surface area contributed by atoms with Gasteiger partial charge in [-0.2, -0.15) is 0 Å². The van der Waals surface area contributed by atoms with Crippen molar-refractivity contribution in [2.75, 3.05) is 6.54 Å². The van der Waals surface area contributed by atoms with Crippen LogP contribution in [0.4, 0.5) is 4.79 Å². The maximum atomic E-state index is 12.1. The van der Waals surface area contributed by atoms with Crippen LogP contribution in [-0.4, -0.2) is 39.1 Å². The van der Waals surface area contributed by atoms with Crippen LogP contribution in [0.3, 0.4) is 0 Å². The highest BCUT2D eigenvalue weighted by molar-refractivity contribution is 7.98. The summed E-state index contributed by atoms with van der Waals surface area (Å²) in [6.45, 7) is 12.9. The van der Waals surface area contributed by atoms with Gasteiger partial charge in [0, 0.05) is 4.75 Å². The van der Waals surface area contributed by atoms with E-state index >= 15 is 0 Å². The van der Waals surface area contributed by atoms with Crippen LogP contribution in [0.1, 0.15) is 48.5 Å². The molecule has 0 aromatic carbocycles. The molecule has 0 aromatic heterocycles. The molecule has 0 aromatic rings. The lowest BCUT2D eigenvalue weighted by Gasteiger charge is -2.31. The minimum Gasteiger partial charge on any atom is -0.443 e. The van der Waals surface area contributed by atoms with Gasteiger partial charge in [0.1, 0.15) is 11.4 Å². The van der Waals surface area contributed by atoms with Gasteiger partial charge in [-0.05, 0) is 60.4 Å². The number of nitrogens with two attached hydrogens (primary N) is 1. The van der Waals surface area contributed by atoms with Gasteiger partial charge in [-0.1, -0.05) is 0 Å². The molecular formula is C13H26N2O3S. The molecule has 0 saturated heterocycles. The fourth-order valence-corrected chi connectivity index (χ4v) is 2.11. The Hall–Kier alpha value is -0.750. The number of amides is 1. The van der Waals surface area contributed by atoms with Crippen molar-refractivity contribution in [2.24, 2.45) is 5.73 Å². The first-order valence-corrected chi connectivity index (χ1v) is 7.05. The van der Waals surface area contributed by atoms with E-state index in [4.69, 9.17) is 10.5 Å². The third kappa shape index (κ3) is 8.88. The largest absolute Gasteiger partial charge is 0.443 e. The standard InChI is InChI=1S/C13H26N2O3S/c1-9(16)10(14)8-15(19-13(5,6)7)11(17)18-12(2,3)4/h10H,8,14H2,1-7H3/t10-/m0/s1. The number of carbonyl (C=O) groups is 2. The highest BCUT2D eigenvalue weighted by Gasteiger charge is 2.29. The van der Waals surface area contributed by atoms with Gasteiger partial charge < -0.3 is 10.5 Å². The van der Waals surface area contributed by atoms with Crippen LogP contribution in [0, 0.1) is 0 Å². The smallest absolute Gasteiger partial charge is 0.420 e. The van der Waals surface area contributed by atoms with E-state index in [9.17, 15) is 9.59 Å². The predicted molar refractivity (Wildman–Crippen MR) is 78.9 cm³/mol. The fourth-order valence-electron chi connectivity index (χ4n) is 1.10. The van der Waals surface area contributed by atoms with Crippen LogP contribution in [0.5, 0.6) is 0 Å². The monoisotopic (exact) mass is 290 g/mol.